The van der Waals surface area contributed by atoms with Gasteiger partial charge in [0, 0.05) is 16.3 Å². The van der Waals surface area contributed by atoms with Gasteiger partial charge in [0.05, 0.1) is 4.90 Å². The zero-order chi connectivity index (χ0) is 15.0. The minimum Gasteiger partial charge on any atom is -0.384 e. The Morgan fingerprint density at radius 3 is 2.60 bits per heavy atom. The number of thiophene rings is 2. The second kappa shape index (κ2) is 5.57. The molecule has 2 aromatic heterocycles. The molecule has 0 aliphatic carbocycles. The summed E-state index contributed by atoms with van der Waals surface area (Å²) in [6, 6.07) is 3.45. The van der Waals surface area contributed by atoms with E-state index in [1.165, 1.54) is 22.7 Å². The average Bonchev–Trinajstić information content (AvgIpc) is 2.97. The third kappa shape index (κ3) is 3.29. The van der Waals surface area contributed by atoms with Gasteiger partial charge in [-0.1, -0.05) is 0 Å². The maximum Gasteiger partial charge on any atom is 0.241 e. The first kappa shape index (κ1) is 15.7. The zero-order valence-corrected chi connectivity index (χ0v) is 14.0. The van der Waals surface area contributed by atoms with E-state index >= 15 is 0 Å². The minimum atomic E-state index is -3.59. The van der Waals surface area contributed by atoms with Crippen LogP contribution in [-0.2, 0) is 15.6 Å². The fourth-order valence-electron chi connectivity index (χ4n) is 1.86. The Bertz CT molecular complexity index is 685. The Morgan fingerprint density at radius 1 is 1.40 bits per heavy atom. The van der Waals surface area contributed by atoms with Crippen LogP contribution < -0.4 is 4.72 Å². The molecule has 0 saturated heterocycles. The monoisotopic (exact) mass is 331 g/mol. The molecule has 0 fully saturated rings. The maximum atomic E-state index is 12.3. The molecule has 0 saturated carbocycles. The van der Waals surface area contributed by atoms with E-state index < -0.39 is 15.6 Å². The van der Waals surface area contributed by atoms with Gasteiger partial charge in [-0.25, -0.2) is 13.1 Å². The summed E-state index contributed by atoms with van der Waals surface area (Å²) in [5.41, 5.74) is -0.505. The lowest BCUT2D eigenvalue weighted by Crippen LogP contribution is -2.38. The molecule has 0 aliphatic heterocycles. The second-order valence-electron chi connectivity index (χ2n) is 4.89. The van der Waals surface area contributed by atoms with Gasteiger partial charge in [0.2, 0.25) is 10.0 Å². The summed E-state index contributed by atoms with van der Waals surface area (Å²) in [6.07, 6.45) is 0. The van der Waals surface area contributed by atoms with E-state index in [2.05, 4.69) is 4.72 Å². The highest BCUT2D eigenvalue weighted by molar-refractivity contribution is 7.89. The number of rotatable bonds is 5. The van der Waals surface area contributed by atoms with E-state index in [1.54, 1.807) is 26.0 Å². The van der Waals surface area contributed by atoms with Gasteiger partial charge in [-0.3, -0.25) is 0 Å². The topological polar surface area (TPSA) is 66.4 Å². The fraction of sp³-hybridized carbons (Fsp3) is 0.385. The molecule has 2 aromatic rings. The Morgan fingerprint density at radius 2 is 2.10 bits per heavy atom. The predicted molar refractivity (Wildman–Crippen MR) is 82.9 cm³/mol. The van der Waals surface area contributed by atoms with Crippen LogP contribution in [0.15, 0.2) is 27.8 Å². The van der Waals surface area contributed by atoms with Gasteiger partial charge < -0.3 is 5.11 Å². The van der Waals surface area contributed by atoms with Crippen molar-refractivity contribution < 1.29 is 13.5 Å². The van der Waals surface area contributed by atoms with Crippen LogP contribution in [0.4, 0.5) is 0 Å². The Labute approximate surface area is 127 Å². The van der Waals surface area contributed by atoms with Gasteiger partial charge in [0.15, 0.2) is 0 Å². The van der Waals surface area contributed by atoms with Crippen molar-refractivity contribution in [3.63, 3.8) is 0 Å². The molecule has 2 rings (SSSR count). The lowest BCUT2D eigenvalue weighted by Gasteiger charge is -2.22. The fourth-order valence-corrected chi connectivity index (χ4v) is 5.33. The van der Waals surface area contributed by atoms with Crippen molar-refractivity contribution in [1.29, 1.82) is 0 Å². The molecular formula is C13H17NO3S3. The summed E-state index contributed by atoms with van der Waals surface area (Å²) in [5.74, 6) is 0. The average molecular weight is 331 g/mol. The van der Waals surface area contributed by atoms with Crippen LogP contribution in [0.3, 0.4) is 0 Å². The first-order valence-corrected chi connectivity index (χ1v) is 9.28. The van der Waals surface area contributed by atoms with Crippen LogP contribution >= 0.6 is 22.7 Å². The molecule has 0 amide bonds. The van der Waals surface area contributed by atoms with Crippen LogP contribution in [-0.4, -0.2) is 20.1 Å². The van der Waals surface area contributed by atoms with Crippen molar-refractivity contribution in [2.24, 2.45) is 0 Å². The van der Waals surface area contributed by atoms with Crippen molar-refractivity contribution in [1.82, 2.24) is 4.72 Å². The van der Waals surface area contributed by atoms with Gasteiger partial charge in [0.1, 0.15) is 5.60 Å². The van der Waals surface area contributed by atoms with Gasteiger partial charge in [0.25, 0.3) is 0 Å². The van der Waals surface area contributed by atoms with Gasteiger partial charge in [-0.2, -0.15) is 11.3 Å². The second-order valence-corrected chi connectivity index (χ2v) is 8.86. The van der Waals surface area contributed by atoms with Crippen LogP contribution in [0, 0.1) is 13.8 Å². The highest BCUT2D eigenvalue weighted by Gasteiger charge is 2.27. The van der Waals surface area contributed by atoms with E-state index in [0.717, 1.165) is 9.75 Å². The van der Waals surface area contributed by atoms with E-state index in [9.17, 15) is 13.5 Å². The minimum absolute atomic E-state index is 0.0552. The number of aliphatic hydroxyl groups is 1. The zero-order valence-electron chi connectivity index (χ0n) is 11.5. The summed E-state index contributed by atoms with van der Waals surface area (Å²) >= 11 is 2.91. The highest BCUT2D eigenvalue weighted by atomic mass is 32.2. The first-order chi connectivity index (χ1) is 9.22. The standard InChI is InChI=1S/C13H17NO3S3/c1-9-6-12(10(2)19-9)20(16,17)14-8-13(3,15)11-4-5-18-7-11/h4-7,14-15H,8H2,1-3H3. The highest BCUT2D eigenvalue weighted by Crippen LogP contribution is 2.26. The van der Waals surface area contributed by atoms with E-state index in [4.69, 9.17) is 0 Å². The summed E-state index contributed by atoms with van der Waals surface area (Å²) < 4.78 is 27.0. The lowest BCUT2D eigenvalue weighted by molar-refractivity contribution is 0.0632. The van der Waals surface area contributed by atoms with Gasteiger partial charge in [-0.05, 0) is 49.2 Å². The van der Waals surface area contributed by atoms with Gasteiger partial charge >= 0.3 is 0 Å². The largest absolute Gasteiger partial charge is 0.384 e. The van der Waals surface area contributed by atoms with Crippen molar-refractivity contribution in [2.45, 2.75) is 31.3 Å². The van der Waals surface area contributed by atoms with Crippen molar-refractivity contribution in [3.05, 3.63) is 38.2 Å². The number of nitrogens with one attached hydrogen (secondary N) is 1. The quantitative estimate of drug-likeness (QED) is 0.885. The summed E-state index contributed by atoms with van der Waals surface area (Å²) in [6.45, 7) is 5.20. The molecule has 1 unspecified atom stereocenters. The molecular weight excluding hydrogens is 314 g/mol. The lowest BCUT2D eigenvalue weighted by atomic mass is 10.0. The SMILES string of the molecule is Cc1cc(S(=O)(=O)NCC(C)(O)c2ccsc2)c(C)s1. The summed E-state index contributed by atoms with van der Waals surface area (Å²) in [7, 11) is -3.59. The molecule has 0 spiro atoms. The number of hydrogen-bond donors (Lipinski definition) is 2. The van der Waals surface area contributed by atoms with E-state index in [0.29, 0.717) is 10.5 Å². The summed E-state index contributed by atoms with van der Waals surface area (Å²) in [4.78, 5) is 2.00. The van der Waals surface area contributed by atoms with Crippen molar-refractivity contribution in [3.8, 4) is 0 Å². The summed E-state index contributed by atoms with van der Waals surface area (Å²) in [5, 5.41) is 14.0. The molecule has 0 aromatic carbocycles. The van der Waals surface area contributed by atoms with Crippen LogP contribution in [0.1, 0.15) is 22.2 Å². The molecule has 0 bridgehead atoms. The number of hydrogen-bond acceptors (Lipinski definition) is 5. The van der Waals surface area contributed by atoms with Crippen molar-refractivity contribution in [2.75, 3.05) is 6.54 Å². The number of aryl methyl sites for hydroxylation is 2. The Balaban J connectivity index is 2.16. The molecule has 0 aliphatic rings. The smallest absolute Gasteiger partial charge is 0.241 e. The van der Waals surface area contributed by atoms with Gasteiger partial charge in [-0.15, -0.1) is 11.3 Å². The predicted octanol–water partition coefficient (Wildman–Crippen LogP) is 2.61. The molecule has 0 radical (unpaired) electrons. The molecule has 2 N–H and O–H groups in total. The van der Waals surface area contributed by atoms with Crippen LogP contribution in [0.25, 0.3) is 0 Å². The normalized spacial score (nSPS) is 15.2. The van der Waals surface area contributed by atoms with E-state index in [-0.39, 0.29) is 6.54 Å². The molecule has 1 atom stereocenters. The molecule has 20 heavy (non-hydrogen) atoms. The molecule has 7 heteroatoms. The van der Waals surface area contributed by atoms with E-state index in [1.807, 2.05) is 17.7 Å². The number of sulfonamides is 1. The third-order valence-corrected chi connectivity index (χ3v) is 6.34. The van der Waals surface area contributed by atoms with Crippen LogP contribution in [0.2, 0.25) is 0 Å². The Hall–Kier alpha value is -0.730. The van der Waals surface area contributed by atoms with Crippen molar-refractivity contribution >= 4 is 32.7 Å². The maximum absolute atomic E-state index is 12.3. The van der Waals surface area contributed by atoms with Crippen LogP contribution in [0.5, 0.6) is 0 Å². The molecule has 2 heterocycles. The third-order valence-electron chi connectivity index (χ3n) is 3.03. The first-order valence-electron chi connectivity index (χ1n) is 6.04. The molecule has 110 valence electrons. The molecule has 4 nitrogen and oxygen atoms in total. The Kier molecular flexibility index (Phi) is 4.36.